The summed E-state index contributed by atoms with van der Waals surface area (Å²) in [6.07, 6.45) is 0.300. The average Bonchev–Trinajstić information content (AvgIpc) is 3.28. The van der Waals surface area contributed by atoms with Crippen LogP contribution in [-0.2, 0) is 12.0 Å². The van der Waals surface area contributed by atoms with Gasteiger partial charge in [0.05, 0.1) is 22.2 Å². The molecule has 0 saturated carbocycles. The summed E-state index contributed by atoms with van der Waals surface area (Å²) >= 11 is 0. The summed E-state index contributed by atoms with van der Waals surface area (Å²) in [6, 6.07) is 15.3. The minimum atomic E-state index is -1.11. The van der Waals surface area contributed by atoms with Crippen LogP contribution in [0.1, 0.15) is 46.5 Å². The van der Waals surface area contributed by atoms with Crippen molar-refractivity contribution >= 4 is 16.8 Å². The van der Waals surface area contributed by atoms with E-state index in [9.17, 15) is 23.9 Å². The molecule has 0 unspecified atom stereocenters. The molecular weight excluding hydrogens is 528 g/mol. The third-order valence-corrected chi connectivity index (χ3v) is 7.80. The summed E-state index contributed by atoms with van der Waals surface area (Å²) in [5, 5.41) is 10.5. The van der Waals surface area contributed by atoms with Gasteiger partial charge in [-0.2, -0.15) is 0 Å². The first kappa shape index (κ1) is 26.3. The Bertz CT molecular complexity index is 2070. The highest BCUT2D eigenvalue weighted by Crippen LogP contribution is 2.47. The quantitative estimate of drug-likeness (QED) is 0.290. The highest BCUT2D eigenvalue weighted by Gasteiger charge is 2.31. The lowest BCUT2D eigenvalue weighted by molar-refractivity contribution is 0.0785. The summed E-state index contributed by atoms with van der Waals surface area (Å²) < 4.78 is 31.2. The van der Waals surface area contributed by atoms with Gasteiger partial charge in [0.15, 0.2) is 0 Å². The van der Waals surface area contributed by atoms with Crippen molar-refractivity contribution in [3.8, 4) is 27.9 Å². The molecule has 0 saturated heterocycles. The molecule has 4 aromatic carbocycles. The number of para-hydroxylation sites is 1. The van der Waals surface area contributed by atoms with E-state index in [4.69, 9.17) is 5.73 Å². The number of nitrogens with one attached hydrogen (secondary N) is 1. The molecule has 1 heterocycles. The normalized spacial score (nSPS) is 12.4. The molecule has 1 aliphatic rings. The maximum Gasteiger partial charge on any atom is 0.333 e. The number of carbonyl (C=O) groups excluding carboxylic acids is 1. The molecule has 4 N–H and O–H groups in total. The second-order valence-electron chi connectivity index (χ2n) is 10.8. The summed E-state index contributed by atoms with van der Waals surface area (Å²) in [5.74, 6) is -2.19. The SMILES string of the molecule is Cc1c(-c2c(F)cc(C(N)=O)c3c2-c2ccc(C(C)(C)O)cc2C3)cccc1-n1c(=O)[nH]c2c(F)cccc2c1=O. The number of hydrogen-bond acceptors (Lipinski definition) is 4. The van der Waals surface area contributed by atoms with Crippen molar-refractivity contribution in [2.75, 3.05) is 0 Å². The Morgan fingerprint density at radius 3 is 2.41 bits per heavy atom. The van der Waals surface area contributed by atoms with Gasteiger partial charge in [0.2, 0.25) is 5.91 Å². The number of amides is 1. The number of fused-ring (bicyclic) bond motifs is 4. The number of benzene rings is 4. The van der Waals surface area contributed by atoms with Crippen molar-refractivity contribution in [2.45, 2.75) is 32.8 Å². The molecule has 1 aromatic heterocycles. The van der Waals surface area contributed by atoms with E-state index < -0.39 is 34.4 Å². The van der Waals surface area contributed by atoms with Gasteiger partial charge in [0.25, 0.3) is 5.56 Å². The van der Waals surface area contributed by atoms with Crippen LogP contribution >= 0.6 is 0 Å². The first-order valence-electron chi connectivity index (χ1n) is 12.9. The number of aliphatic hydroxyl groups is 1. The van der Waals surface area contributed by atoms with Gasteiger partial charge < -0.3 is 15.8 Å². The molecule has 1 aliphatic carbocycles. The van der Waals surface area contributed by atoms with Crippen molar-refractivity contribution in [3.63, 3.8) is 0 Å². The second kappa shape index (κ2) is 9.07. The monoisotopic (exact) mass is 553 g/mol. The van der Waals surface area contributed by atoms with Crippen LogP contribution in [0.25, 0.3) is 38.8 Å². The molecular formula is C32H25F2N3O4. The van der Waals surface area contributed by atoms with Crippen molar-refractivity contribution < 1.29 is 18.7 Å². The molecule has 206 valence electrons. The van der Waals surface area contributed by atoms with Crippen molar-refractivity contribution in [1.29, 1.82) is 0 Å². The van der Waals surface area contributed by atoms with Crippen LogP contribution in [0.3, 0.4) is 0 Å². The summed E-state index contributed by atoms with van der Waals surface area (Å²) in [7, 11) is 0. The first-order chi connectivity index (χ1) is 19.4. The molecule has 0 aliphatic heterocycles. The number of hydrogen-bond donors (Lipinski definition) is 3. The number of rotatable bonds is 4. The zero-order valence-corrected chi connectivity index (χ0v) is 22.4. The standard InChI is InChI=1S/C32H25F2N3O4/c1-15-18(6-5-9-25(15)37-30(39)20-7-4-8-23(33)28(20)36-31(37)40)27-24(34)14-22(29(35)38)21-13-16-12-17(32(2,3)41)10-11-19(16)26(21)27/h4-12,14,41H,13H2,1-3H3,(H2,35,38)(H,36,40). The maximum absolute atomic E-state index is 16.0. The van der Waals surface area contributed by atoms with Crippen LogP contribution in [0, 0.1) is 18.6 Å². The zero-order valence-electron chi connectivity index (χ0n) is 22.4. The van der Waals surface area contributed by atoms with E-state index in [1.165, 1.54) is 12.1 Å². The first-order valence-corrected chi connectivity index (χ1v) is 12.9. The number of nitrogens with two attached hydrogens (primary N) is 1. The van der Waals surface area contributed by atoms with E-state index in [1.807, 2.05) is 6.07 Å². The van der Waals surface area contributed by atoms with Crippen LogP contribution in [-0.4, -0.2) is 20.6 Å². The highest BCUT2D eigenvalue weighted by molar-refractivity contribution is 6.02. The molecule has 7 nitrogen and oxygen atoms in total. The molecule has 6 rings (SSSR count). The number of aromatic nitrogens is 2. The maximum atomic E-state index is 16.0. The Labute approximate surface area is 232 Å². The fourth-order valence-electron chi connectivity index (χ4n) is 5.77. The number of halogens is 2. The number of aromatic amines is 1. The third-order valence-electron chi connectivity index (χ3n) is 7.80. The molecule has 5 aromatic rings. The molecule has 0 bridgehead atoms. The molecule has 0 radical (unpaired) electrons. The minimum Gasteiger partial charge on any atom is -0.386 e. The summed E-state index contributed by atoms with van der Waals surface area (Å²) in [5.41, 5.74) is 7.23. The van der Waals surface area contributed by atoms with Crippen LogP contribution < -0.4 is 17.0 Å². The average molecular weight is 554 g/mol. The fraction of sp³-hybridized carbons (Fsp3) is 0.156. The van der Waals surface area contributed by atoms with E-state index in [0.29, 0.717) is 39.8 Å². The molecule has 0 spiro atoms. The summed E-state index contributed by atoms with van der Waals surface area (Å²) in [4.78, 5) is 41.2. The van der Waals surface area contributed by atoms with Gasteiger partial charge in [-0.1, -0.05) is 36.4 Å². The molecule has 9 heteroatoms. The topological polar surface area (TPSA) is 118 Å². The van der Waals surface area contributed by atoms with Gasteiger partial charge in [0, 0.05) is 11.1 Å². The van der Waals surface area contributed by atoms with Crippen LogP contribution in [0.15, 0.2) is 70.3 Å². The smallest absolute Gasteiger partial charge is 0.333 e. The van der Waals surface area contributed by atoms with Crippen LogP contribution in [0.4, 0.5) is 8.78 Å². The number of H-pyrrole nitrogens is 1. The van der Waals surface area contributed by atoms with Crippen LogP contribution in [0.5, 0.6) is 0 Å². The van der Waals surface area contributed by atoms with Crippen molar-refractivity contribution in [3.05, 3.63) is 121 Å². The second-order valence-corrected chi connectivity index (χ2v) is 10.8. The number of carbonyl (C=O) groups is 1. The molecule has 0 atom stereocenters. The lowest BCUT2D eigenvalue weighted by Crippen LogP contribution is -2.34. The summed E-state index contributed by atoms with van der Waals surface area (Å²) in [6.45, 7) is 4.99. The van der Waals surface area contributed by atoms with E-state index >= 15 is 4.39 Å². The lowest BCUT2D eigenvalue weighted by Gasteiger charge is -2.20. The van der Waals surface area contributed by atoms with E-state index in [-0.39, 0.29) is 27.7 Å². The number of primary amides is 1. The predicted octanol–water partition coefficient (Wildman–Crippen LogP) is 4.83. The Hall–Kier alpha value is -4.89. The van der Waals surface area contributed by atoms with Crippen molar-refractivity contribution in [2.24, 2.45) is 5.73 Å². The van der Waals surface area contributed by atoms with Gasteiger partial charge in [-0.05, 0) is 90.4 Å². The third kappa shape index (κ3) is 4.00. The largest absolute Gasteiger partial charge is 0.386 e. The van der Waals surface area contributed by atoms with E-state index in [1.54, 1.807) is 51.1 Å². The molecule has 1 amide bonds. The van der Waals surface area contributed by atoms with Gasteiger partial charge in [-0.3, -0.25) is 9.59 Å². The minimum absolute atomic E-state index is 0.0103. The van der Waals surface area contributed by atoms with E-state index in [2.05, 4.69) is 4.98 Å². The Morgan fingerprint density at radius 1 is 0.976 bits per heavy atom. The predicted molar refractivity (Wildman–Crippen MR) is 152 cm³/mol. The van der Waals surface area contributed by atoms with Crippen molar-refractivity contribution in [1.82, 2.24) is 9.55 Å². The Morgan fingerprint density at radius 2 is 1.71 bits per heavy atom. The molecule has 41 heavy (non-hydrogen) atoms. The van der Waals surface area contributed by atoms with Gasteiger partial charge in [0.1, 0.15) is 11.6 Å². The molecule has 0 fully saturated rings. The highest BCUT2D eigenvalue weighted by atomic mass is 19.1. The van der Waals surface area contributed by atoms with E-state index in [0.717, 1.165) is 22.3 Å². The number of nitrogens with zero attached hydrogens (tertiary/aromatic N) is 1. The fourth-order valence-corrected chi connectivity index (χ4v) is 5.77. The van der Waals surface area contributed by atoms with Crippen LogP contribution in [0.2, 0.25) is 0 Å². The zero-order chi connectivity index (χ0) is 29.4. The Balaban J connectivity index is 1.64. The lowest BCUT2D eigenvalue weighted by atomic mass is 9.88. The van der Waals surface area contributed by atoms with Gasteiger partial charge in [-0.15, -0.1) is 0 Å². The Kier molecular flexibility index (Phi) is 5.83. The van der Waals surface area contributed by atoms with Gasteiger partial charge in [-0.25, -0.2) is 18.1 Å². The van der Waals surface area contributed by atoms with Gasteiger partial charge >= 0.3 is 5.69 Å².